The summed E-state index contributed by atoms with van der Waals surface area (Å²) in [7, 11) is 3.66. The van der Waals surface area contributed by atoms with E-state index in [-0.39, 0.29) is 18.0 Å². The van der Waals surface area contributed by atoms with Gasteiger partial charge in [-0.3, -0.25) is 9.48 Å². The predicted molar refractivity (Wildman–Crippen MR) is 56.0 cm³/mol. The van der Waals surface area contributed by atoms with Crippen molar-refractivity contribution < 1.29 is 4.79 Å². The first kappa shape index (κ1) is 10.2. The Bertz CT molecular complexity index is 398. The van der Waals surface area contributed by atoms with E-state index in [1.165, 1.54) is 0 Å². The molecule has 0 saturated carbocycles. The number of amides is 1. The van der Waals surface area contributed by atoms with E-state index >= 15 is 0 Å². The molecule has 0 spiro atoms. The van der Waals surface area contributed by atoms with Gasteiger partial charge in [0, 0.05) is 32.8 Å². The number of hydrogen-bond acceptors (Lipinski definition) is 3. The van der Waals surface area contributed by atoms with E-state index in [9.17, 15) is 4.79 Å². The van der Waals surface area contributed by atoms with Gasteiger partial charge in [-0.1, -0.05) is 0 Å². The van der Waals surface area contributed by atoms with Crippen LogP contribution in [0.1, 0.15) is 23.7 Å². The minimum absolute atomic E-state index is 0.0706. The van der Waals surface area contributed by atoms with Crippen molar-refractivity contribution in [1.82, 2.24) is 14.7 Å². The monoisotopic (exact) mass is 208 g/mol. The number of carbonyl (C=O) groups excluding carboxylic acids is 1. The van der Waals surface area contributed by atoms with E-state index in [4.69, 9.17) is 5.73 Å². The van der Waals surface area contributed by atoms with Crippen LogP contribution in [-0.4, -0.2) is 33.7 Å². The molecule has 2 unspecified atom stereocenters. The standard InChI is InChI=1S/C10H16N4O/c1-6-5-13(2)12-9(6)10-7(11)4-8(15)14(10)3/h5,7,10H,4,11H2,1-3H3. The first-order chi connectivity index (χ1) is 7.00. The van der Waals surface area contributed by atoms with Crippen molar-refractivity contribution in [2.45, 2.75) is 25.4 Å². The van der Waals surface area contributed by atoms with Gasteiger partial charge in [0.25, 0.3) is 0 Å². The van der Waals surface area contributed by atoms with Crippen LogP contribution in [0.5, 0.6) is 0 Å². The zero-order valence-corrected chi connectivity index (χ0v) is 9.27. The second-order valence-electron chi connectivity index (χ2n) is 4.19. The van der Waals surface area contributed by atoms with Crippen LogP contribution in [0.25, 0.3) is 0 Å². The highest BCUT2D eigenvalue weighted by molar-refractivity contribution is 5.80. The summed E-state index contributed by atoms with van der Waals surface area (Å²) < 4.78 is 1.76. The van der Waals surface area contributed by atoms with Crippen LogP contribution in [0.2, 0.25) is 0 Å². The van der Waals surface area contributed by atoms with Gasteiger partial charge in [0.1, 0.15) is 0 Å². The molecule has 2 rings (SSSR count). The van der Waals surface area contributed by atoms with Crippen LogP contribution in [0, 0.1) is 6.92 Å². The summed E-state index contributed by atoms with van der Waals surface area (Å²) in [5.41, 5.74) is 7.96. The predicted octanol–water partition coefficient (Wildman–Crippen LogP) is -0.0410. The molecular formula is C10H16N4O. The van der Waals surface area contributed by atoms with Crippen LogP contribution in [-0.2, 0) is 11.8 Å². The minimum atomic E-state index is -0.143. The number of likely N-dealkylation sites (tertiary alicyclic amines) is 1. The number of nitrogens with zero attached hydrogens (tertiary/aromatic N) is 3. The third kappa shape index (κ3) is 1.52. The summed E-state index contributed by atoms with van der Waals surface area (Å²) in [5, 5.41) is 4.37. The average Bonchev–Trinajstić information content (AvgIpc) is 2.56. The maximum atomic E-state index is 11.5. The fourth-order valence-electron chi connectivity index (χ4n) is 2.20. The van der Waals surface area contributed by atoms with Crippen LogP contribution in [0.3, 0.4) is 0 Å². The molecule has 0 radical (unpaired) electrons. The zero-order valence-electron chi connectivity index (χ0n) is 9.27. The Kier molecular flexibility index (Phi) is 2.26. The summed E-state index contributed by atoms with van der Waals surface area (Å²) in [6.07, 6.45) is 2.36. The second-order valence-corrected chi connectivity index (χ2v) is 4.19. The summed E-state index contributed by atoms with van der Waals surface area (Å²) >= 11 is 0. The molecule has 1 aromatic rings. The molecule has 5 nitrogen and oxygen atoms in total. The molecule has 1 aromatic heterocycles. The molecular weight excluding hydrogens is 192 g/mol. The van der Waals surface area contributed by atoms with Gasteiger partial charge < -0.3 is 10.6 Å². The molecule has 0 aromatic carbocycles. The van der Waals surface area contributed by atoms with Crippen LogP contribution >= 0.6 is 0 Å². The average molecular weight is 208 g/mol. The molecule has 2 atom stereocenters. The van der Waals surface area contributed by atoms with E-state index in [2.05, 4.69) is 5.10 Å². The lowest BCUT2D eigenvalue weighted by Gasteiger charge is -2.21. The molecule has 2 N–H and O–H groups in total. The number of carbonyl (C=O) groups is 1. The normalized spacial score (nSPS) is 26.4. The van der Waals surface area contributed by atoms with Gasteiger partial charge >= 0.3 is 0 Å². The highest BCUT2D eigenvalue weighted by Gasteiger charge is 2.38. The van der Waals surface area contributed by atoms with Crippen molar-refractivity contribution in [2.24, 2.45) is 12.8 Å². The number of hydrogen-bond donors (Lipinski definition) is 1. The first-order valence-electron chi connectivity index (χ1n) is 5.02. The van der Waals surface area contributed by atoms with Gasteiger partial charge in [-0.25, -0.2) is 0 Å². The number of rotatable bonds is 1. The summed E-state index contributed by atoms with van der Waals surface area (Å²) in [6, 6.07) is -0.213. The highest BCUT2D eigenvalue weighted by Crippen LogP contribution is 2.31. The molecule has 0 aliphatic carbocycles. The van der Waals surface area contributed by atoms with Gasteiger partial charge in [0.05, 0.1) is 11.7 Å². The Morgan fingerprint density at radius 2 is 2.20 bits per heavy atom. The van der Waals surface area contributed by atoms with Crippen molar-refractivity contribution >= 4 is 5.91 Å². The maximum Gasteiger partial charge on any atom is 0.224 e. The molecule has 1 fully saturated rings. The second kappa shape index (κ2) is 3.34. The van der Waals surface area contributed by atoms with E-state index in [1.54, 1.807) is 16.6 Å². The maximum absolute atomic E-state index is 11.5. The van der Waals surface area contributed by atoms with Crippen molar-refractivity contribution in [2.75, 3.05) is 7.05 Å². The van der Waals surface area contributed by atoms with Crippen LogP contribution in [0.4, 0.5) is 0 Å². The lowest BCUT2D eigenvalue weighted by molar-refractivity contribution is -0.127. The SMILES string of the molecule is Cc1cn(C)nc1C1C(N)CC(=O)N1C. The molecule has 82 valence electrons. The van der Waals surface area contributed by atoms with E-state index in [0.717, 1.165) is 11.3 Å². The summed E-state index contributed by atoms with van der Waals surface area (Å²) in [6.45, 7) is 1.99. The Hall–Kier alpha value is -1.36. The molecule has 0 bridgehead atoms. The van der Waals surface area contributed by atoms with Crippen LogP contribution in [0.15, 0.2) is 6.20 Å². The first-order valence-corrected chi connectivity index (χ1v) is 5.02. The number of nitrogens with two attached hydrogens (primary N) is 1. The number of likely N-dealkylation sites (N-methyl/N-ethyl adjacent to an activating group) is 1. The molecule has 1 aliphatic heterocycles. The molecule has 1 amide bonds. The summed E-state index contributed by atoms with van der Waals surface area (Å²) in [5.74, 6) is 0.0950. The molecule has 1 aliphatic rings. The molecule has 2 heterocycles. The summed E-state index contributed by atoms with van der Waals surface area (Å²) in [4.78, 5) is 13.2. The van der Waals surface area contributed by atoms with Gasteiger partial charge in [-0.05, 0) is 12.5 Å². The number of aryl methyl sites for hydroxylation is 2. The quantitative estimate of drug-likeness (QED) is 0.704. The zero-order chi connectivity index (χ0) is 11.2. The topological polar surface area (TPSA) is 64.2 Å². The van der Waals surface area contributed by atoms with E-state index in [0.29, 0.717) is 6.42 Å². The third-order valence-corrected chi connectivity index (χ3v) is 2.96. The van der Waals surface area contributed by atoms with Crippen molar-refractivity contribution in [3.63, 3.8) is 0 Å². The van der Waals surface area contributed by atoms with Gasteiger partial charge in [0.15, 0.2) is 0 Å². The lowest BCUT2D eigenvalue weighted by Crippen LogP contribution is -2.31. The van der Waals surface area contributed by atoms with E-state index in [1.807, 2.05) is 20.2 Å². The van der Waals surface area contributed by atoms with Crippen molar-refractivity contribution in [3.05, 3.63) is 17.5 Å². The van der Waals surface area contributed by atoms with E-state index < -0.39 is 0 Å². The molecule has 1 saturated heterocycles. The number of aromatic nitrogens is 2. The van der Waals surface area contributed by atoms with Crippen LogP contribution < -0.4 is 5.73 Å². The van der Waals surface area contributed by atoms with Gasteiger partial charge in [-0.2, -0.15) is 5.10 Å². The van der Waals surface area contributed by atoms with Gasteiger partial charge in [-0.15, -0.1) is 0 Å². The van der Waals surface area contributed by atoms with Gasteiger partial charge in [0.2, 0.25) is 5.91 Å². The van der Waals surface area contributed by atoms with Crippen molar-refractivity contribution in [1.29, 1.82) is 0 Å². The highest BCUT2D eigenvalue weighted by atomic mass is 16.2. The Morgan fingerprint density at radius 3 is 2.60 bits per heavy atom. The minimum Gasteiger partial charge on any atom is -0.335 e. The molecule has 15 heavy (non-hydrogen) atoms. The smallest absolute Gasteiger partial charge is 0.224 e. The largest absolute Gasteiger partial charge is 0.335 e. The Balaban J connectivity index is 2.38. The third-order valence-electron chi connectivity index (χ3n) is 2.96. The Labute approximate surface area is 88.8 Å². The molecule has 5 heteroatoms. The Morgan fingerprint density at radius 1 is 1.53 bits per heavy atom. The van der Waals surface area contributed by atoms with Crippen molar-refractivity contribution in [3.8, 4) is 0 Å². The fourth-order valence-corrected chi connectivity index (χ4v) is 2.20. The fraction of sp³-hybridized carbons (Fsp3) is 0.600. The lowest BCUT2D eigenvalue weighted by atomic mass is 10.0.